The van der Waals surface area contributed by atoms with E-state index in [2.05, 4.69) is 15.0 Å². The highest BCUT2D eigenvalue weighted by atomic mass is 19.3. The first-order valence-corrected chi connectivity index (χ1v) is 9.80. The Morgan fingerprint density at radius 3 is 2.60 bits per heavy atom. The van der Waals surface area contributed by atoms with Gasteiger partial charge in [-0.05, 0) is 51.7 Å². The SMILES string of the molecule is CC(C)(O)COC1CCC(NC(=O)c2cnc3cc(OC(F)F)c(F)cc3c2)CC1. The lowest BCUT2D eigenvalue weighted by Gasteiger charge is -2.30. The van der Waals surface area contributed by atoms with Crippen LogP contribution in [0.3, 0.4) is 0 Å². The minimum atomic E-state index is -3.14. The maximum atomic E-state index is 13.9. The van der Waals surface area contributed by atoms with Crippen molar-refractivity contribution in [3.05, 3.63) is 35.8 Å². The lowest BCUT2D eigenvalue weighted by Crippen LogP contribution is -2.40. The Balaban J connectivity index is 1.59. The number of hydrogen-bond acceptors (Lipinski definition) is 5. The molecule has 1 heterocycles. The summed E-state index contributed by atoms with van der Waals surface area (Å²) in [6.45, 7) is 0.500. The van der Waals surface area contributed by atoms with Crippen molar-refractivity contribution in [2.24, 2.45) is 0 Å². The molecule has 0 atom stereocenters. The molecular weight excluding hydrogens is 401 g/mol. The highest BCUT2D eigenvalue weighted by Crippen LogP contribution is 2.26. The zero-order valence-electron chi connectivity index (χ0n) is 16.8. The van der Waals surface area contributed by atoms with Crippen molar-refractivity contribution in [2.75, 3.05) is 6.61 Å². The number of nitrogens with one attached hydrogen (secondary N) is 1. The molecule has 0 unspecified atom stereocenters. The molecule has 1 fully saturated rings. The molecule has 164 valence electrons. The number of hydrogen-bond donors (Lipinski definition) is 2. The molecule has 2 N–H and O–H groups in total. The molecule has 30 heavy (non-hydrogen) atoms. The molecule has 0 bridgehead atoms. The number of pyridine rings is 1. The predicted molar refractivity (Wildman–Crippen MR) is 104 cm³/mol. The number of alkyl halides is 2. The van der Waals surface area contributed by atoms with Crippen LogP contribution in [0, 0.1) is 5.82 Å². The Hall–Kier alpha value is -2.39. The number of aromatic nitrogens is 1. The van der Waals surface area contributed by atoms with Crippen molar-refractivity contribution in [1.82, 2.24) is 10.3 Å². The molecule has 0 radical (unpaired) electrons. The van der Waals surface area contributed by atoms with Crippen LogP contribution in [-0.4, -0.2) is 47.0 Å². The van der Waals surface area contributed by atoms with Gasteiger partial charge in [0.15, 0.2) is 11.6 Å². The molecule has 1 amide bonds. The van der Waals surface area contributed by atoms with Gasteiger partial charge in [0, 0.05) is 23.7 Å². The van der Waals surface area contributed by atoms with E-state index in [0.29, 0.717) is 5.39 Å². The average molecular weight is 426 g/mol. The van der Waals surface area contributed by atoms with E-state index in [0.717, 1.165) is 37.8 Å². The van der Waals surface area contributed by atoms with E-state index >= 15 is 0 Å². The number of amides is 1. The number of carbonyl (C=O) groups excluding carboxylic acids is 1. The van der Waals surface area contributed by atoms with E-state index in [1.165, 1.54) is 12.3 Å². The summed E-state index contributed by atoms with van der Waals surface area (Å²) in [5.41, 5.74) is -0.377. The fourth-order valence-electron chi connectivity index (χ4n) is 3.40. The summed E-state index contributed by atoms with van der Waals surface area (Å²) in [5, 5.41) is 13.0. The van der Waals surface area contributed by atoms with Gasteiger partial charge in [0.2, 0.25) is 0 Å². The normalized spacial score (nSPS) is 19.8. The molecule has 0 saturated heterocycles. The second-order valence-electron chi connectivity index (χ2n) is 8.15. The summed E-state index contributed by atoms with van der Waals surface area (Å²) in [7, 11) is 0. The van der Waals surface area contributed by atoms with Crippen LogP contribution in [0.5, 0.6) is 5.75 Å². The minimum absolute atomic E-state index is 0.0197. The largest absolute Gasteiger partial charge is 0.432 e. The molecule has 1 saturated carbocycles. The first-order chi connectivity index (χ1) is 14.1. The van der Waals surface area contributed by atoms with E-state index in [4.69, 9.17) is 4.74 Å². The Kier molecular flexibility index (Phi) is 6.82. The van der Waals surface area contributed by atoms with Crippen molar-refractivity contribution < 1.29 is 32.5 Å². The molecule has 9 heteroatoms. The van der Waals surface area contributed by atoms with Crippen LogP contribution in [0.2, 0.25) is 0 Å². The van der Waals surface area contributed by atoms with E-state index < -0.39 is 23.8 Å². The lowest BCUT2D eigenvalue weighted by atomic mass is 9.92. The van der Waals surface area contributed by atoms with E-state index in [1.807, 2.05) is 0 Å². The van der Waals surface area contributed by atoms with Crippen LogP contribution < -0.4 is 10.1 Å². The van der Waals surface area contributed by atoms with E-state index in [1.54, 1.807) is 13.8 Å². The van der Waals surface area contributed by atoms with Gasteiger partial charge in [0.1, 0.15) is 0 Å². The van der Waals surface area contributed by atoms with Crippen LogP contribution in [0.4, 0.5) is 13.2 Å². The molecule has 3 rings (SSSR count). The second-order valence-corrected chi connectivity index (χ2v) is 8.15. The zero-order valence-corrected chi connectivity index (χ0v) is 16.8. The fraction of sp³-hybridized carbons (Fsp3) is 0.524. The summed E-state index contributed by atoms with van der Waals surface area (Å²) in [6, 6.07) is 3.54. The van der Waals surface area contributed by atoms with Gasteiger partial charge in [-0.15, -0.1) is 0 Å². The number of aliphatic hydroxyl groups is 1. The molecule has 1 aromatic carbocycles. The van der Waals surface area contributed by atoms with Gasteiger partial charge in [-0.25, -0.2) is 4.39 Å². The first kappa shape index (κ1) is 22.3. The number of nitrogens with zero attached hydrogens (tertiary/aromatic N) is 1. The fourth-order valence-corrected chi connectivity index (χ4v) is 3.40. The maximum Gasteiger partial charge on any atom is 0.387 e. The number of rotatable bonds is 7. The molecule has 6 nitrogen and oxygen atoms in total. The molecule has 0 spiro atoms. The number of fused-ring (bicyclic) bond motifs is 1. The topological polar surface area (TPSA) is 80.7 Å². The summed E-state index contributed by atoms with van der Waals surface area (Å²) in [4.78, 5) is 16.6. The third kappa shape index (κ3) is 6.06. The summed E-state index contributed by atoms with van der Waals surface area (Å²) >= 11 is 0. The van der Waals surface area contributed by atoms with Crippen molar-refractivity contribution in [3.63, 3.8) is 0 Å². The minimum Gasteiger partial charge on any atom is -0.432 e. The lowest BCUT2D eigenvalue weighted by molar-refractivity contribution is -0.0640. The standard InChI is InChI=1S/C21H25F3N2O4/c1-21(2,28)11-29-15-5-3-14(4-6-15)26-19(27)13-7-12-8-16(22)18(30-20(23)24)9-17(12)25-10-13/h7-10,14-15,20,28H,3-6,11H2,1-2H3,(H,26,27). The number of carbonyl (C=O) groups is 1. The van der Waals surface area contributed by atoms with Crippen molar-refractivity contribution in [1.29, 1.82) is 0 Å². The third-order valence-corrected chi connectivity index (χ3v) is 4.89. The number of ether oxygens (including phenoxy) is 2. The van der Waals surface area contributed by atoms with Crippen LogP contribution in [0.1, 0.15) is 49.9 Å². The summed E-state index contributed by atoms with van der Waals surface area (Å²) in [6.07, 6.45) is 4.40. The Morgan fingerprint density at radius 2 is 1.97 bits per heavy atom. The van der Waals surface area contributed by atoms with Gasteiger partial charge in [0.25, 0.3) is 5.91 Å². The predicted octanol–water partition coefficient (Wildman–Crippen LogP) is 3.80. The molecule has 0 aliphatic heterocycles. The highest BCUT2D eigenvalue weighted by Gasteiger charge is 2.25. The molecular formula is C21H25F3N2O4. The molecule has 1 aliphatic carbocycles. The van der Waals surface area contributed by atoms with Gasteiger partial charge in [-0.1, -0.05) is 0 Å². The van der Waals surface area contributed by atoms with Gasteiger partial charge in [-0.2, -0.15) is 8.78 Å². The molecule has 2 aromatic rings. The Labute approximate surface area is 172 Å². The van der Waals surface area contributed by atoms with Crippen LogP contribution in [0.15, 0.2) is 24.4 Å². The van der Waals surface area contributed by atoms with Crippen LogP contribution in [0.25, 0.3) is 10.9 Å². The second kappa shape index (κ2) is 9.18. The molecule has 1 aliphatic rings. The highest BCUT2D eigenvalue weighted by molar-refractivity contribution is 5.97. The quantitative estimate of drug-likeness (QED) is 0.704. The summed E-state index contributed by atoms with van der Waals surface area (Å²) < 4.78 is 48.4. The monoisotopic (exact) mass is 426 g/mol. The van der Waals surface area contributed by atoms with Crippen molar-refractivity contribution >= 4 is 16.8 Å². The van der Waals surface area contributed by atoms with Crippen LogP contribution >= 0.6 is 0 Å². The van der Waals surface area contributed by atoms with Crippen molar-refractivity contribution in [2.45, 2.75) is 63.9 Å². The Bertz CT molecular complexity index is 894. The third-order valence-electron chi connectivity index (χ3n) is 4.89. The first-order valence-electron chi connectivity index (χ1n) is 9.80. The van der Waals surface area contributed by atoms with Crippen molar-refractivity contribution in [3.8, 4) is 5.75 Å². The Morgan fingerprint density at radius 1 is 1.27 bits per heavy atom. The molecule has 1 aromatic heterocycles. The van der Waals surface area contributed by atoms with E-state index in [-0.39, 0.29) is 35.7 Å². The van der Waals surface area contributed by atoms with Gasteiger partial charge < -0.3 is 19.9 Å². The number of halogens is 3. The van der Waals surface area contributed by atoms with Crippen LogP contribution in [-0.2, 0) is 4.74 Å². The maximum absolute atomic E-state index is 13.9. The van der Waals surface area contributed by atoms with Gasteiger partial charge in [0.05, 0.1) is 29.4 Å². The number of benzene rings is 1. The average Bonchev–Trinajstić information content (AvgIpc) is 2.66. The zero-order chi connectivity index (χ0) is 21.9. The van der Waals surface area contributed by atoms with Gasteiger partial charge >= 0.3 is 6.61 Å². The smallest absolute Gasteiger partial charge is 0.387 e. The van der Waals surface area contributed by atoms with Gasteiger partial charge in [-0.3, -0.25) is 9.78 Å². The summed E-state index contributed by atoms with van der Waals surface area (Å²) in [5.74, 6) is -1.88. The van der Waals surface area contributed by atoms with E-state index in [9.17, 15) is 23.1 Å².